The highest BCUT2D eigenvalue weighted by Gasteiger charge is 2.26. The first-order chi connectivity index (χ1) is 8.33. The summed E-state index contributed by atoms with van der Waals surface area (Å²) in [6.07, 6.45) is 0. The van der Waals surface area contributed by atoms with E-state index in [-0.39, 0.29) is 6.04 Å². The molecular formula is C15H16N2. The summed E-state index contributed by atoms with van der Waals surface area (Å²) in [5.41, 5.74) is 11.3. The van der Waals surface area contributed by atoms with Crippen LogP contribution in [0.25, 0.3) is 0 Å². The van der Waals surface area contributed by atoms with E-state index >= 15 is 0 Å². The van der Waals surface area contributed by atoms with E-state index in [4.69, 9.17) is 5.73 Å². The third-order valence-corrected chi connectivity index (χ3v) is 3.44. The Balaban J connectivity index is 2.25. The van der Waals surface area contributed by atoms with Crippen LogP contribution in [0, 0.1) is 0 Å². The van der Waals surface area contributed by atoms with Gasteiger partial charge in [0.2, 0.25) is 0 Å². The number of para-hydroxylation sites is 2. The summed E-state index contributed by atoms with van der Waals surface area (Å²) in [7, 11) is 0. The maximum Gasteiger partial charge on any atom is 0.0593 e. The van der Waals surface area contributed by atoms with E-state index in [0.29, 0.717) is 0 Å². The molecule has 0 aliphatic carbocycles. The normalized spacial score (nSPS) is 14.4. The van der Waals surface area contributed by atoms with E-state index in [0.717, 1.165) is 6.54 Å². The third-order valence-electron chi connectivity index (χ3n) is 3.44. The van der Waals surface area contributed by atoms with Crippen molar-refractivity contribution < 1.29 is 0 Å². The summed E-state index contributed by atoms with van der Waals surface area (Å²) in [5, 5.41) is 0. The molecule has 0 fully saturated rings. The zero-order valence-corrected chi connectivity index (χ0v) is 9.93. The van der Waals surface area contributed by atoms with Crippen LogP contribution in [0.2, 0.25) is 0 Å². The van der Waals surface area contributed by atoms with E-state index in [1.807, 2.05) is 0 Å². The third kappa shape index (κ3) is 1.45. The standard InChI is InChI=1S/C15H16N2/c1-2-17-13-9-5-3-7-11(13)15(16)12-8-4-6-10-14(12)17/h3-10,15H,2,16H2,1H3. The maximum atomic E-state index is 6.35. The van der Waals surface area contributed by atoms with Crippen molar-refractivity contribution in [3.63, 3.8) is 0 Å². The van der Waals surface area contributed by atoms with Gasteiger partial charge in [-0.25, -0.2) is 0 Å². The van der Waals surface area contributed by atoms with Gasteiger partial charge in [-0.15, -0.1) is 0 Å². The van der Waals surface area contributed by atoms with E-state index < -0.39 is 0 Å². The molecule has 1 aliphatic rings. The minimum Gasteiger partial charge on any atom is -0.341 e. The van der Waals surface area contributed by atoms with E-state index in [1.54, 1.807) is 0 Å². The quantitative estimate of drug-likeness (QED) is 0.806. The van der Waals surface area contributed by atoms with Gasteiger partial charge in [0, 0.05) is 17.9 Å². The van der Waals surface area contributed by atoms with Crippen molar-refractivity contribution in [3.8, 4) is 0 Å². The van der Waals surface area contributed by atoms with Crippen molar-refractivity contribution in [2.45, 2.75) is 13.0 Å². The molecular weight excluding hydrogens is 208 g/mol. The van der Waals surface area contributed by atoms with Crippen LogP contribution in [0.4, 0.5) is 11.4 Å². The topological polar surface area (TPSA) is 29.3 Å². The van der Waals surface area contributed by atoms with Gasteiger partial charge in [0.25, 0.3) is 0 Å². The van der Waals surface area contributed by atoms with Crippen LogP contribution >= 0.6 is 0 Å². The Labute approximate surface area is 102 Å². The first-order valence-electron chi connectivity index (χ1n) is 6.04. The molecule has 1 aliphatic heterocycles. The van der Waals surface area contributed by atoms with E-state index in [2.05, 4.69) is 60.4 Å². The van der Waals surface area contributed by atoms with Crippen molar-refractivity contribution >= 4 is 11.4 Å². The van der Waals surface area contributed by atoms with E-state index in [1.165, 1.54) is 22.5 Å². The van der Waals surface area contributed by atoms with Gasteiger partial charge in [-0.2, -0.15) is 0 Å². The Kier molecular flexibility index (Phi) is 2.37. The van der Waals surface area contributed by atoms with Gasteiger partial charge in [0.05, 0.1) is 6.04 Å². The molecule has 2 aromatic rings. The molecule has 2 aromatic carbocycles. The second kappa shape index (κ2) is 3.90. The fourth-order valence-electron chi connectivity index (χ4n) is 2.63. The fourth-order valence-corrected chi connectivity index (χ4v) is 2.63. The highest BCUT2D eigenvalue weighted by molar-refractivity contribution is 5.75. The highest BCUT2D eigenvalue weighted by Crippen LogP contribution is 2.42. The molecule has 0 radical (unpaired) electrons. The molecule has 2 N–H and O–H groups in total. The summed E-state index contributed by atoms with van der Waals surface area (Å²) in [4.78, 5) is 2.33. The lowest BCUT2D eigenvalue weighted by molar-refractivity contribution is 0.823. The van der Waals surface area contributed by atoms with Crippen LogP contribution in [0.15, 0.2) is 48.5 Å². The summed E-state index contributed by atoms with van der Waals surface area (Å²) < 4.78 is 0. The van der Waals surface area contributed by atoms with Crippen molar-refractivity contribution in [2.24, 2.45) is 5.73 Å². The molecule has 0 aromatic heterocycles. The lowest BCUT2D eigenvalue weighted by Gasteiger charge is -2.35. The van der Waals surface area contributed by atoms with Gasteiger partial charge in [0.1, 0.15) is 0 Å². The first kappa shape index (κ1) is 10.4. The molecule has 2 nitrogen and oxygen atoms in total. The molecule has 0 unspecified atom stereocenters. The fraction of sp³-hybridized carbons (Fsp3) is 0.200. The summed E-state index contributed by atoms with van der Waals surface area (Å²) in [6, 6.07) is 16.8. The van der Waals surface area contributed by atoms with E-state index in [9.17, 15) is 0 Å². The van der Waals surface area contributed by atoms with Gasteiger partial charge in [-0.1, -0.05) is 36.4 Å². The molecule has 3 rings (SSSR count). The van der Waals surface area contributed by atoms with Gasteiger partial charge in [-0.3, -0.25) is 0 Å². The SMILES string of the molecule is CCN1c2ccccc2C(N)c2ccccc21. The minimum atomic E-state index is -0.00907. The molecule has 1 heterocycles. The van der Waals surface area contributed by atoms with Gasteiger partial charge >= 0.3 is 0 Å². The monoisotopic (exact) mass is 224 g/mol. The van der Waals surface area contributed by atoms with Crippen molar-refractivity contribution in [1.29, 1.82) is 0 Å². The minimum absolute atomic E-state index is 0.00907. The zero-order chi connectivity index (χ0) is 11.8. The molecule has 0 atom stereocenters. The van der Waals surface area contributed by atoms with Crippen molar-refractivity contribution in [2.75, 3.05) is 11.4 Å². The molecule has 0 bridgehead atoms. The van der Waals surface area contributed by atoms with Crippen LogP contribution in [0.1, 0.15) is 24.1 Å². The Morgan fingerprint density at radius 1 is 0.941 bits per heavy atom. The van der Waals surface area contributed by atoms with Gasteiger partial charge < -0.3 is 10.6 Å². The predicted molar refractivity (Wildman–Crippen MR) is 71.6 cm³/mol. The second-order valence-corrected chi connectivity index (χ2v) is 4.34. The number of benzene rings is 2. The Hall–Kier alpha value is -1.80. The number of rotatable bonds is 1. The zero-order valence-electron chi connectivity index (χ0n) is 9.93. The molecule has 2 heteroatoms. The van der Waals surface area contributed by atoms with Crippen LogP contribution in [-0.2, 0) is 0 Å². The number of nitrogens with zero attached hydrogens (tertiary/aromatic N) is 1. The van der Waals surface area contributed by atoms with Gasteiger partial charge in [0.15, 0.2) is 0 Å². The molecule has 0 saturated carbocycles. The average Bonchev–Trinajstić information content (AvgIpc) is 2.40. The van der Waals surface area contributed by atoms with Crippen LogP contribution < -0.4 is 10.6 Å². The molecule has 86 valence electrons. The summed E-state index contributed by atoms with van der Waals surface area (Å²) >= 11 is 0. The second-order valence-electron chi connectivity index (χ2n) is 4.34. The Morgan fingerprint density at radius 3 is 1.88 bits per heavy atom. The van der Waals surface area contributed by atoms with Crippen LogP contribution in [0.3, 0.4) is 0 Å². The lowest BCUT2D eigenvalue weighted by atomic mass is 9.91. The Bertz CT molecular complexity index is 501. The number of nitrogens with two attached hydrogens (primary N) is 1. The largest absolute Gasteiger partial charge is 0.341 e. The number of anilines is 2. The van der Waals surface area contributed by atoms with Gasteiger partial charge in [-0.05, 0) is 30.2 Å². The smallest absolute Gasteiger partial charge is 0.0593 e. The predicted octanol–water partition coefficient (Wildman–Crippen LogP) is 3.21. The molecule has 0 saturated heterocycles. The van der Waals surface area contributed by atoms with Crippen molar-refractivity contribution in [3.05, 3.63) is 59.7 Å². The van der Waals surface area contributed by atoms with Crippen LogP contribution in [0.5, 0.6) is 0 Å². The number of hydrogen-bond donors (Lipinski definition) is 1. The number of fused-ring (bicyclic) bond motifs is 2. The lowest BCUT2D eigenvalue weighted by Crippen LogP contribution is -2.28. The average molecular weight is 224 g/mol. The highest BCUT2D eigenvalue weighted by atomic mass is 15.1. The molecule has 17 heavy (non-hydrogen) atoms. The van der Waals surface area contributed by atoms with Crippen molar-refractivity contribution in [1.82, 2.24) is 0 Å². The Morgan fingerprint density at radius 2 is 1.41 bits per heavy atom. The molecule has 0 amide bonds. The number of hydrogen-bond acceptors (Lipinski definition) is 2. The summed E-state index contributed by atoms with van der Waals surface area (Å²) in [6.45, 7) is 3.13. The maximum absolute atomic E-state index is 6.35. The van der Waals surface area contributed by atoms with Crippen LogP contribution in [-0.4, -0.2) is 6.54 Å². The first-order valence-corrected chi connectivity index (χ1v) is 6.04. The molecule has 0 spiro atoms. The summed E-state index contributed by atoms with van der Waals surface area (Å²) in [5.74, 6) is 0.